The molecule has 0 saturated heterocycles. The van der Waals surface area contributed by atoms with Crippen molar-refractivity contribution in [1.29, 1.82) is 0 Å². The third-order valence-electron chi connectivity index (χ3n) is 3.01. The van der Waals surface area contributed by atoms with E-state index in [1.807, 2.05) is 29.5 Å². The summed E-state index contributed by atoms with van der Waals surface area (Å²) in [5.41, 5.74) is 3.05. The molecule has 0 spiro atoms. The summed E-state index contributed by atoms with van der Waals surface area (Å²) in [4.78, 5) is 11.8. The summed E-state index contributed by atoms with van der Waals surface area (Å²) in [5, 5.41) is 14.4. The predicted molar refractivity (Wildman–Crippen MR) is 112 cm³/mol. The Morgan fingerprint density at radius 2 is 2.12 bits per heavy atom. The summed E-state index contributed by atoms with van der Waals surface area (Å²) >= 11 is 11.2. The summed E-state index contributed by atoms with van der Waals surface area (Å²) in [6.07, 6.45) is 1.46. The molecule has 0 heterocycles. The van der Waals surface area contributed by atoms with Crippen molar-refractivity contribution in [3.05, 3.63) is 49.0 Å². The minimum absolute atomic E-state index is 0.0792. The van der Waals surface area contributed by atoms with Crippen LogP contribution in [0.4, 0.5) is 0 Å². The van der Waals surface area contributed by atoms with Crippen molar-refractivity contribution in [3.63, 3.8) is 0 Å². The number of carbonyl (C=O) groups is 1. The van der Waals surface area contributed by atoms with Gasteiger partial charge in [0.05, 0.1) is 20.9 Å². The molecule has 9 heteroatoms. The minimum atomic E-state index is -0.415. The molecule has 0 aromatic heterocycles. The van der Waals surface area contributed by atoms with E-state index in [0.717, 1.165) is 0 Å². The Kier molecular flexibility index (Phi) is 7.98. The van der Waals surface area contributed by atoms with Crippen LogP contribution in [0.25, 0.3) is 0 Å². The molecular formula is C17H15BrClIN2O4. The van der Waals surface area contributed by atoms with Crippen LogP contribution in [0.3, 0.4) is 0 Å². The first-order chi connectivity index (χ1) is 12.4. The minimum Gasteiger partial charge on any atom is -0.504 e. The van der Waals surface area contributed by atoms with Crippen LogP contribution in [0.5, 0.6) is 17.2 Å². The van der Waals surface area contributed by atoms with Gasteiger partial charge in [-0.15, -0.1) is 0 Å². The van der Waals surface area contributed by atoms with Crippen LogP contribution < -0.4 is 14.9 Å². The third kappa shape index (κ3) is 6.03. The van der Waals surface area contributed by atoms with Gasteiger partial charge in [0.15, 0.2) is 18.1 Å². The second kappa shape index (κ2) is 9.98. The van der Waals surface area contributed by atoms with Gasteiger partial charge in [0.25, 0.3) is 5.91 Å². The fourth-order valence-corrected chi connectivity index (χ4v) is 3.30. The molecule has 0 aliphatic rings. The van der Waals surface area contributed by atoms with E-state index in [1.54, 1.807) is 30.3 Å². The largest absolute Gasteiger partial charge is 0.504 e. The molecule has 2 rings (SSSR count). The molecule has 0 unspecified atom stereocenters. The molecule has 0 bridgehead atoms. The first kappa shape index (κ1) is 20.8. The number of aromatic hydroxyl groups is 1. The van der Waals surface area contributed by atoms with Crippen molar-refractivity contribution < 1.29 is 19.4 Å². The van der Waals surface area contributed by atoms with Gasteiger partial charge in [-0.25, -0.2) is 5.43 Å². The zero-order valence-electron chi connectivity index (χ0n) is 13.6. The smallest absolute Gasteiger partial charge is 0.277 e. The second-order valence-electron chi connectivity index (χ2n) is 4.94. The Morgan fingerprint density at radius 3 is 2.81 bits per heavy atom. The maximum atomic E-state index is 11.8. The summed E-state index contributed by atoms with van der Waals surface area (Å²) in [6.45, 7) is 2.06. The molecule has 2 N–H and O–H groups in total. The summed E-state index contributed by atoms with van der Waals surface area (Å²) < 4.78 is 12.0. The highest BCUT2D eigenvalue weighted by molar-refractivity contribution is 14.1. The molecule has 2 aromatic rings. The van der Waals surface area contributed by atoms with Gasteiger partial charge in [0, 0.05) is 5.02 Å². The van der Waals surface area contributed by atoms with Crippen molar-refractivity contribution >= 4 is 62.2 Å². The maximum absolute atomic E-state index is 11.8. The van der Waals surface area contributed by atoms with E-state index in [9.17, 15) is 9.90 Å². The Balaban J connectivity index is 1.92. The fourth-order valence-electron chi connectivity index (χ4n) is 1.88. The second-order valence-corrected chi connectivity index (χ2v) is 7.39. The van der Waals surface area contributed by atoms with Crippen molar-refractivity contribution in [2.24, 2.45) is 5.10 Å². The number of nitrogens with one attached hydrogen (secondary N) is 1. The van der Waals surface area contributed by atoms with Gasteiger partial charge >= 0.3 is 0 Å². The number of halogens is 3. The van der Waals surface area contributed by atoms with Gasteiger partial charge < -0.3 is 14.6 Å². The van der Waals surface area contributed by atoms with Crippen LogP contribution in [0.1, 0.15) is 12.5 Å². The number of hydrogen-bond donors (Lipinski definition) is 2. The lowest BCUT2D eigenvalue weighted by atomic mass is 10.2. The Bertz CT molecular complexity index is 833. The molecule has 138 valence electrons. The van der Waals surface area contributed by atoms with Crippen molar-refractivity contribution in [1.82, 2.24) is 5.43 Å². The first-order valence-electron chi connectivity index (χ1n) is 7.45. The van der Waals surface area contributed by atoms with Crippen LogP contribution in [0.2, 0.25) is 5.02 Å². The number of benzene rings is 2. The van der Waals surface area contributed by atoms with E-state index < -0.39 is 5.91 Å². The van der Waals surface area contributed by atoms with Crippen LogP contribution in [0.15, 0.2) is 39.9 Å². The summed E-state index contributed by atoms with van der Waals surface area (Å²) in [6, 6.07) is 8.36. The maximum Gasteiger partial charge on any atom is 0.277 e. The highest BCUT2D eigenvalue weighted by Crippen LogP contribution is 2.32. The van der Waals surface area contributed by atoms with Gasteiger partial charge in [0.1, 0.15) is 5.75 Å². The monoisotopic (exact) mass is 552 g/mol. The molecule has 0 saturated carbocycles. The molecule has 0 fully saturated rings. The SMILES string of the molecule is CCOc1cc(/C=N/NC(=O)COc2ccc(Cl)cc2Br)cc(I)c1O. The molecule has 1 amide bonds. The summed E-state index contributed by atoms with van der Waals surface area (Å²) in [7, 11) is 0. The van der Waals surface area contributed by atoms with Gasteiger partial charge in [-0.2, -0.15) is 5.10 Å². The number of hydrogen-bond acceptors (Lipinski definition) is 5. The van der Waals surface area contributed by atoms with Crippen molar-refractivity contribution in [2.45, 2.75) is 6.92 Å². The normalized spacial score (nSPS) is 10.8. The molecule has 26 heavy (non-hydrogen) atoms. The summed E-state index contributed by atoms with van der Waals surface area (Å²) in [5.74, 6) is 0.531. The van der Waals surface area contributed by atoms with Gasteiger partial charge in [0.2, 0.25) is 0 Å². The van der Waals surface area contributed by atoms with Crippen LogP contribution >= 0.6 is 50.1 Å². The fraction of sp³-hybridized carbons (Fsp3) is 0.176. The molecule has 6 nitrogen and oxygen atoms in total. The zero-order chi connectivity index (χ0) is 19.1. The lowest BCUT2D eigenvalue weighted by molar-refractivity contribution is -0.123. The van der Waals surface area contributed by atoms with Gasteiger partial charge in [-0.1, -0.05) is 11.6 Å². The Morgan fingerprint density at radius 1 is 1.35 bits per heavy atom. The molecule has 0 aliphatic heterocycles. The van der Waals surface area contributed by atoms with Gasteiger partial charge in [-0.05, 0) is 81.3 Å². The first-order valence-corrected chi connectivity index (χ1v) is 9.70. The van der Waals surface area contributed by atoms with E-state index >= 15 is 0 Å². The van der Waals surface area contributed by atoms with E-state index in [1.165, 1.54) is 6.21 Å². The molecule has 0 aliphatic carbocycles. The number of carbonyl (C=O) groups excluding carboxylic acids is 1. The topological polar surface area (TPSA) is 80.2 Å². The Hall–Kier alpha value is -1.52. The lowest BCUT2D eigenvalue weighted by Crippen LogP contribution is -2.24. The number of nitrogens with zero attached hydrogens (tertiary/aromatic N) is 1. The van der Waals surface area contributed by atoms with E-state index in [0.29, 0.717) is 36.7 Å². The van der Waals surface area contributed by atoms with Crippen molar-refractivity contribution in [3.8, 4) is 17.2 Å². The van der Waals surface area contributed by atoms with E-state index in [4.69, 9.17) is 21.1 Å². The number of amides is 1. The molecule has 0 radical (unpaired) electrons. The quantitative estimate of drug-likeness (QED) is 0.304. The molecule has 0 atom stereocenters. The Labute approximate surface area is 177 Å². The van der Waals surface area contributed by atoms with Crippen LogP contribution in [-0.2, 0) is 4.79 Å². The molecular weight excluding hydrogens is 538 g/mol. The van der Waals surface area contributed by atoms with Crippen molar-refractivity contribution in [2.75, 3.05) is 13.2 Å². The van der Waals surface area contributed by atoms with Crippen LogP contribution in [-0.4, -0.2) is 30.4 Å². The number of phenolic OH excluding ortho intramolecular Hbond substituents is 1. The number of phenols is 1. The lowest BCUT2D eigenvalue weighted by Gasteiger charge is -2.08. The number of ether oxygens (including phenoxy) is 2. The highest BCUT2D eigenvalue weighted by Gasteiger charge is 2.09. The number of hydrazone groups is 1. The average molecular weight is 554 g/mol. The number of rotatable bonds is 7. The van der Waals surface area contributed by atoms with E-state index in [-0.39, 0.29) is 12.4 Å². The zero-order valence-corrected chi connectivity index (χ0v) is 18.1. The van der Waals surface area contributed by atoms with E-state index in [2.05, 4.69) is 26.5 Å². The average Bonchev–Trinajstić information content (AvgIpc) is 2.58. The predicted octanol–water partition coefficient (Wildman–Crippen LogP) is 4.34. The highest BCUT2D eigenvalue weighted by atomic mass is 127. The van der Waals surface area contributed by atoms with Crippen LogP contribution in [0, 0.1) is 3.57 Å². The third-order valence-corrected chi connectivity index (χ3v) is 4.68. The van der Waals surface area contributed by atoms with Gasteiger partial charge in [-0.3, -0.25) is 4.79 Å². The molecule has 2 aromatic carbocycles. The standard InChI is InChI=1S/C17H15BrClIN2O4/c1-2-25-15-6-10(5-13(20)17(15)24)8-21-22-16(23)9-26-14-4-3-11(19)7-12(14)18/h3-8,24H,2,9H2,1H3,(H,22,23)/b21-8+.